The number of nitrogens with one attached hydrogen (secondary N) is 1. The molecule has 1 aliphatic carbocycles. The number of rotatable bonds is 7. The molecule has 1 saturated carbocycles. The summed E-state index contributed by atoms with van der Waals surface area (Å²) in [7, 11) is 1.75. The highest BCUT2D eigenvalue weighted by atomic mass is 16.5. The quantitative estimate of drug-likeness (QED) is 0.516. The van der Waals surface area contributed by atoms with Gasteiger partial charge in [0.25, 0.3) is 0 Å². The van der Waals surface area contributed by atoms with Crippen molar-refractivity contribution in [3.63, 3.8) is 0 Å². The maximum absolute atomic E-state index is 5.02. The van der Waals surface area contributed by atoms with Crippen LogP contribution in [0.15, 0.2) is 11.6 Å². The van der Waals surface area contributed by atoms with Crippen molar-refractivity contribution in [2.75, 3.05) is 26.8 Å². The molecule has 1 N–H and O–H groups in total. The van der Waals surface area contributed by atoms with Crippen LogP contribution < -0.4 is 5.32 Å². The molecule has 88 valence electrons. The van der Waals surface area contributed by atoms with Crippen LogP contribution in [0, 0.1) is 11.8 Å². The first-order chi connectivity index (χ1) is 7.24. The van der Waals surface area contributed by atoms with Gasteiger partial charge in [0, 0.05) is 20.2 Å². The zero-order valence-corrected chi connectivity index (χ0v) is 10.4. The van der Waals surface area contributed by atoms with Crippen LogP contribution in [0.25, 0.3) is 0 Å². The Morgan fingerprint density at radius 1 is 1.47 bits per heavy atom. The molecule has 0 aliphatic heterocycles. The molecule has 0 radical (unpaired) electrons. The molecule has 2 nitrogen and oxygen atoms in total. The lowest BCUT2D eigenvalue weighted by Crippen LogP contribution is -2.24. The SMILES string of the molecule is COCCNCC(=CC1CCC1)C(C)C. The summed E-state index contributed by atoms with van der Waals surface area (Å²) < 4.78 is 5.02. The Labute approximate surface area is 94.1 Å². The summed E-state index contributed by atoms with van der Waals surface area (Å²) in [4.78, 5) is 0. The second-order valence-corrected chi connectivity index (χ2v) is 4.76. The van der Waals surface area contributed by atoms with E-state index >= 15 is 0 Å². The molecule has 15 heavy (non-hydrogen) atoms. The molecule has 0 aromatic heterocycles. The van der Waals surface area contributed by atoms with Crippen molar-refractivity contribution < 1.29 is 4.74 Å². The van der Waals surface area contributed by atoms with Crippen molar-refractivity contribution in [1.82, 2.24) is 5.32 Å². The molecule has 1 aliphatic rings. The normalized spacial score (nSPS) is 18.3. The molecule has 0 saturated heterocycles. The van der Waals surface area contributed by atoms with Gasteiger partial charge in [-0.1, -0.05) is 31.9 Å². The van der Waals surface area contributed by atoms with E-state index in [4.69, 9.17) is 4.74 Å². The predicted octanol–water partition coefficient (Wildman–Crippen LogP) is 2.60. The van der Waals surface area contributed by atoms with Crippen LogP contribution in [0.5, 0.6) is 0 Å². The van der Waals surface area contributed by atoms with Crippen LogP contribution in [0.4, 0.5) is 0 Å². The molecule has 0 atom stereocenters. The van der Waals surface area contributed by atoms with Gasteiger partial charge in [-0.3, -0.25) is 0 Å². The first-order valence-electron chi connectivity index (χ1n) is 6.14. The minimum absolute atomic E-state index is 0.667. The number of methoxy groups -OCH3 is 1. The summed E-state index contributed by atoms with van der Waals surface area (Å²) in [5.41, 5.74) is 1.57. The van der Waals surface area contributed by atoms with Crippen molar-refractivity contribution in [3.8, 4) is 0 Å². The standard InChI is InChI=1S/C13H25NO/c1-11(2)13(9-12-5-4-6-12)10-14-7-8-15-3/h9,11-12,14H,4-8,10H2,1-3H3. The van der Waals surface area contributed by atoms with Gasteiger partial charge in [-0.05, 0) is 24.7 Å². The Balaban J connectivity index is 2.26. The highest BCUT2D eigenvalue weighted by Crippen LogP contribution is 2.29. The fourth-order valence-corrected chi connectivity index (χ4v) is 1.77. The summed E-state index contributed by atoms with van der Waals surface area (Å²) in [5.74, 6) is 1.53. The Kier molecular flexibility index (Phi) is 5.96. The Morgan fingerprint density at radius 3 is 2.67 bits per heavy atom. The maximum Gasteiger partial charge on any atom is 0.0587 e. The topological polar surface area (TPSA) is 21.3 Å². The van der Waals surface area contributed by atoms with Crippen molar-refractivity contribution in [1.29, 1.82) is 0 Å². The third-order valence-electron chi connectivity index (χ3n) is 3.15. The highest BCUT2D eigenvalue weighted by Gasteiger charge is 2.16. The molecule has 1 fully saturated rings. The number of hydrogen-bond acceptors (Lipinski definition) is 2. The highest BCUT2D eigenvalue weighted by molar-refractivity contribution is 5.10. The van der Waals surface area contributed by atoms with Gasteiger partial charge in [-0.15, -0.1) is 0 Å². The molecule has 0 spiro atoms. The second kappa shape index (κ2) is 7.02. The summed E-state index contributed by atoms with van der Waals surface area (Å²) in [6.07, 6.45) is 6.71. The summed E-state index contributed by atoms with van der Waals surface area (Å²) in [6, 6.07) is 0. The van der Waals surface area contributed by atoms with E-state index in [1.165, 1.54) is 19.3 Å². The molecule has 0 amide bonds. The monoisotopic (exact) mass is 211 g/mol. The van der Waals surface area contributed by atoms with Crippen molar-refractivity contribution in [2.45, 2.75) is 33.1 Å². The third kappa shape index (κ3) is 4.80. The van der Waals surface area contributed by atoms with E-state index in [-0.39, 0.29) is 0 Å². The van der Waals surface area contributed by atoms with Crippen molar-refractivity contribution in [3.05, 3.63) is 11.6 Å². The molecule has 0 bridgehead atoms. The average molecular weight is 211 g/mol. The van der Waals surface area contributed by atoms with E-state index in [0.29, 0.717) is 5.92 Å². The van der Waals surface area contributed by atoms with E-state index in [1.54, 1.807) is 12.7 Å². The van der Waals surface area contributed by atoms with Crippen LogP contribution in [0.1, 0.15) is 33.1 Å². The lowest BCUT2D eigenvalue weighted by molar-refractivity contribution is 0.200. The molecule has 0 aromatic rings. The smallest absolute Gasteiger partial charge is 0.0587 e. The van der Waals surface area contributed by atoms with Gasteiger partial charge in [0.15, 0.2) is 0 Å². The van der Waals surface area contributed by atoms with Crippen LogP contribution in [-0.2, 0) is 4.74 Å². The zero-order chi connectivity index (χ0) is 11.1. The predicted molar refractivity (Wildman–Crippen MR) is 65.0 cm³/mol. The van der Waals surface area contributed by atoms with Crippen molar-refractivity contribution >= 4 is 0 Å². The van der Waals surface area contributed by atoms with Gasteiger partial charge in [0.1, 0.15) is 0 Å². The van der Waals surface area contributed by atoms with Crippen LogP contribution >= 0.6 is 0 Å². The van der Waals surface area contributed by atoms with Gasteiger partial charge in [0.2, 0.25) is 0 Å². The largest absolute Gasteiger partial charge is 0.383 e. The van der Waals surface area contributed by atoms with Crippen LogP contribution in [-0.4, -0.2) is 26.8 Å². The molecular formula is C13H25NO. The van der Waals surface area contributed by atoms with Gasteiger partial charge < -0.3 is 10.1 Å². The first-order valence-corrected chi connectivity index (χ1v) is 6.14. The lowest BCUT2D eigenvalue weighted by Gasteiger charge is -2.24. The van der Waals surface area contributed by atoms with E-state index in [1.807, 2.05) is 0 Å². The maximum atomic E-state index is 5.02. The number of allylic oxidation sites excluding steroid dienone is 1. The molecule has 0 heterocycles. The molecular weight excluding hydrogens is 186 g/mol. The summed E-state index contributed by atoms with van der Waals surface area (Å²) >= 11 is 0. The van der Waals surface area contributed by atoms with Crippen molar-refractivity contribution in [2.24, 2.45) is 11.8 Å². The van der Waals surface area contributed by atoms with Gasteiger partial charge in [-0.25, -0.2) is 0 Å². The van der Waals surface area contributed by atoms with Gasteiger partial charge >= 0.3 is 0 Å². The second-order valence-electron chi connectivity index (χ2n) is 4.76. The number of ether oxygens (including phenoxy) is 1. The molecule has 0 unspecified atom stereocenters. The van der Waals surface area contributed by atoms with Crippen LogP contribution in [0.3, 0.4) is 0 Å². The molecule has 1 rings (SSSR count). The zero-order valence-electron chi connectivity index (χ0n) is 10.4. The van der Waals surface area contributed by atoms with Gasteiger partial charge in [0.05, 0.1) is 6.61 Å². The Hall–Kier alpha value is -0.340. The third-order valence-corrected chi connectivity index (χ3v) is 3.15. The Bertz CT molecular complexity index is 195. The average Bonchev–Trinajstić information content (AvgIpc) is 2.13. The fraction of sp³-hybridized carbons (Fsp3) is 0.846. The Morgan fingerprint density at radius 2 is 2.20 bits per heavy atom. The minimum atomic E-state index is 0.667. The van der Waals surface area contributed by atoms with E-state index < -0.39 is 0 Å². The summed E-state index contributed by atoms with van der Waals surface area (Å²) in [6.45, 7) is 7.34. The van der Waals surface area contributed by atoms with E-state index in [9.17, 15) is 0 Å². The van der Waals surface area contributed by atoms with Crippen LogP contribution in [0.2, 0.25) is 0 Å². The summed E-state index contributed by atoms with van der Waals surface area (Å²) in [5, 5.41) is 3.43. The molecule has 2 heteroatoms. The van der Waals surface area contributed by atoms with E-state index in [0.717, 1.165) is 25.6 Å². The lowest BCUT2D eigenvalue weighted by atomic mass is 9.82. The van der Waals surface area contributed by atoms with Gasteiger partial charge in [-0.2, -0.15) is 0 Å². The molecule has 0 aromatic carbocycles. The fourth-order valence-electron chi connectivity index (χ4n) is 1.77. The minimum Gasteiger partial charge on any atom is -0.383 e. The first kappa shape index (κ1) is 12.7. The van der Waals surface area contributed by atoms with E-state index in [2.05, 4.69) is 25.2 Å². The number of hydrogen-bond donors (Lipinski definition) is 1.